The molecule has 1 atom stereocenters. The van der Waals surface area contributed by atoms with E-state index in [0.717, 1.165) is 56.5 Å². The lowest BCUT2D eigenvalue weighted by Gasteiger charge is -2.39. The fraction of sp³-hybridized carbons (Fsp3) is 0.432. The molecule has 8 heteroatoms. The van der Waals surface area contributed by atoms with Gasteiger partial charge < -0.3 is 20.2 Å². The summed E-state index contributed by atoms with van der Waals surface area (Å²) in [6.45, 7) is 9.83. The van der Waals surface area contributed by atoms with Gasteiger partial charge in [0.25, 0.3) is 5.91 Å². The molecule has 2 N–H and O–H groups in total. The maximum Gasteiger partial charge on any atom is 0.335 e. The van der Waals surface area contributed by atoms with Crippen LogP contribution in [0, 0.1) is 0 Å². The zero-order chi connectivity index (χ0) is 31.8. The molecule has 0 aromatic heterocycles. The van der Waals surface area contributed by atoms with Crippen LogP contribution in [0.1, 0.15) is 83.7 Å². The second-order valence-electron chi connectivity index (χ2n) is 12.6. The van der Waals surface area contributed by atoms with E-state index in [-0.39, 0.29) is 29.6 Å². The van der Waals surface area contributed by atoms with Crippen LogP contribution < -0.4 is 5.32 Å². The molecule has 1 aliphatic carbocycles. The van der Waals surface area contributed by atoms with E-state index in [2.05, 4.69) is 28.9 Å². The van der Waals surface area contributed by atoms with Crippen LogP contribution in [-0.4, -0.2) is 75.5 Å². The summed E-state index contributed by atoms with van der Waals surface area (Å²) in [6, 6.07) is 15.0. The van der Waals surface area contributed by atoms with Gasteiger partial charge in [-0.3, -0.25) is 9.69 Å². The second-order valence-corrected chi connectivity index (χ2v) is 12.6. The predicted octanol–water partition coefficient (Wildman–Crippen LogP) is 6.41. The van der Waals surface area contributed by atoms with Crippen molar-refractivity contribution in [3.05, 3.63) is 107 Å². The summed E-state index contributed by atoms with van der Waals surface area (Å²) in [6.07, 6.45) is 15.4. The fourth-order valence-electron chi connectivity index (χ4n) is 6.78. The van der Waals surface area contributed by atoms with Gasteiger partial charge in [0.2, 0.25) is 0 Å². The van der Waals surface area contributed by atoms with Crippen LogP contribution in [0.5, 0.6) is 0 Å². The Labute approximate surface area is 267 Å². The Hall–Kier alpha value is -4.17. The van der Waals surface area contributed by atoms with Crippen LogP contribution in [0.25, 0.3) is 0 Å². The molecule has 2 heterocycles. The number of hydrogen-bond acceptors (Lipinski definition) is 4. The molecule has 2 aliphatic heterocycles. The first-order chi connectivity index (χ1) is 21.8. The molecule has 3 aliphatic rings. The van der Waals surface area contributed by atoms with Gasteiger partial charge in [-0.15, -0.1) is 0 Å². The normalized spacial score (nSPS) is 20.4. The highest BCUT2D eigenvalue weighted by Gasteiger charge is 2.42. The highest BCUT2D eigenvalue weighted by molar-refractivity contribution is 5.94. The Morgan fingerprint density at radius 2 is 1.51 bits per heavy atom. The molecule has 2 saturated heterocycles. The summed E-state index contributed by atoms with van der Waals surface area (Å²) in [5.74, 6) is -0.942. The van der Waals surface area contributed by atoms with Gasteiger partial charge in [0.15, 0.2) is 0 Å². The molecular weight excluding hydrogens is 564 g/mol. The zero-order valence-electron chi connectivity index (χ0n) is 26.4. The van der Waals surface area contributed by atoms with Crippen molar-refractivity contribution in [3.63, 3.8) is 0 Å². The molecule has 5 rings (SSSR count). The van der Waals surface area contributed by atoms with Crippen LogP contribution in [0.3, 0.4) is 0 Å². The maximum atomic E-state index is 13.8. The molecule has 3 amide bonds. The average Bonchev–Trinajstić information content (AvgIpc) is 3.38. The lowest BCUT2D eigenvalue weighted by Crippen LogP contribution is -2.49. The molecule has 0 bridgehead atoms. The Kier molecular flexibility index (Phi) is 10.9. The van der Waals surface area contributed by atoms with Gasteiger partial charge >= 0.3 is 12.0 Å². The third-order valence-electron chi connectivity index (χ3n) is 9.35. The van der Waals surface area contributed by atoms with Gasteiger partial charge in [-0.05, 0) is 73.6 Å². The third kappa shape index (κ3) is 8.31. The standard InChI is InChI=1S/C37H46N4O4/c1-3-4-6-9-27(2)34-26-40(25-29-14-18-31(19-15-29)36(43)44)37(45)41(34)33-20-22-39(23-21-33)24-28-12-16-30(17-13-28)35(42)38-32-10-7-5-8-11-32/h3-4,6,9,12-19,32-34H,2,5,7-8,10-11,20-26H2,1H3,(H,38,42)(H,43,44)/b4-3-,9-6-. The molecule has 2 aromatic rings. The van der Waals surface area contributed by atoms with Crippen molar-refractivity contribution >= 4 is 17.9 Å². The highest BCUT2D eigenvalue weighted by Crippen LogP contribution is 2.31. The van der Waals surface area contributed by atoms with Gasteiger partial charge in [0.1, 0.15) is 0 Å². The Bertz CT molecular complexity index is 1400. The van der Waals surface area contributed by atoms with E-state index >= 15 is 0 Å². The molecule has 3 fully saturated rings. The number of urea groups is 1. The number of nitrogens with one attached hydrogen (secondary N) is 1. The number of aromatic carboxylic acids is 1. The number of benzene rings is 2. The zero-order valence-corrected chi connectivity index (χ0v) is 26.4. The van der Waals surface area contributed by atoms with Crippen LogP contribution in [0.4, 0.5) is 4.79 Å². The highest BCUT2D eigenvalue weighted by atomic mass is 16.4. The van der Waals surface area contributed by atoms with Gasteiger partial charge in [0, 0.05) is 50.4 Å². The number of nitrogens with zero attached hydrogens (tertiary/aromatic N) is 3. The number of allylic oxidation sites excluding steroid dienone is 3. The lowest BCUT2D eigenvalue weighted by atomic mass is 9.95. The van der Waals surface area contributed by atoms with Gasteiger partial charge in [-0.2, -0.15) is 0 Å². The predicted molar refractivity (Wildman–Crippen MR) is 177 cm³/mol. The monoisotopic (exact) mass is 610 g/mol. The quantitative estimate of drug-likeness (QED) is 0.287. The number of rotatable bonds is 11. The van der Waals surface area contributed by atoms with Gasteiger partial charge in [-0.1, -0.05) is 74.4 Å². The summed E-state index contributed by atoms with van der Waals surface area (Å²) in [5, 5.41) is 12.4. The Morgan fingerprint density at radius 1 is 0.889 bits per heavy atom. The molecule has 0 radical (unpaired) electrons. The summed E-state index contributed by atoms with van der Waals surface area (Å²) in [7, 11) is 0. The SMILES string of the molecule is C=C(/C=C\C=C/C)C1CN(Cc2ccc(C(=O)O)cc2)C(=O)N1C1CCN(Cc2ccc(C(=O)NC3CCCCC3)cc2)CC1. The van der Waals surface area contributed by atoms with Crippen LogP contribution in [0.2, 0.25) is 0 Å². The first kappa shape index (κ1) is 32.2. The summed E-state index contributed by atoms with van der Waals surface area (Å²) >= 11 is 0. The van der Waals surface area contributed by atoms with E-state index in [4.69, 9.17) is 0 Å². The minimum Gasteiger partial charge on any atom is -0.478 e. The Morgan fingerprint density at radius 3 is 2.13 bits per heavy atom. The largest absolute Gasteiger partial charge is 0.478 e. The minimum atomic E-state index is -0.963. The number of likely N-dealkylation sites (tertiary alicyclic amines) is 1. The van der Waals surface area contributed by atoms with Crippen molar-refractivity contribution < 1.29 is 19.5 Å². The molecular formula is C37H46N4O4. The number of hydrogen-bond donors (Lipinski definition) is 2. The second kappa shape index (κ2) is 15.2. The average molecular weight is 611 g/mol. The van der Waals surface area contributed by atoms with Crippen LogP contribution in [0.15, 0.2) is 85.0 Å². The first-order valence-electron chi connectivity index (χ1n) is 16.3. The number of piperidine rings is 1. The van der Waals surface area contributed by atoms with Crippen molar-refractivity contribution in [1.29, 1.82) is 0 Å². The van der Waals surface area contributed by atoms with Crippen LogP contribution in [-0.2, 0) is 13.1 Å². The van der Waals surface area contributed by atoms with E-state index in [1.54, 1.807) is 24.3 Å². The summed E-state index contributed by atoms with van der Waals surface area (Å²) in [4.78, 5) is 44.1. The lowest BCUT2D eigenvalue weighted by molar-refractivity contribution is 0.0696. The number of amides is 3. The molecule has 1 unspecified atom stereocenters. The number of carbonyl (C=O) groups is 3. The van der Waals surface area contributed by atoms with Crippen LogP contribution >= 0.6 is 0 Å². The van der Waals surface area contributed by atoms with E-state index in [1.165, 1.54) is 24.8 Å². The molecule has 45 heavy (non-hydrogen) atoms. The summed E-state index contributed by atoms with van der Waals surface area (Å²) in [5.41, 5.74) is 3.93. The van der Waals surface area contributed by atoms with Crippen molar-refractivity contribution in [2.24, 2.45) is 0 Å². The molecule has 238 valence electrons. The maximum absolute atomic E-state index is 13.8. The van der Waals surface area contributed by atoms with Crippen molar-refractivity contribution in [2.45, 2.75) is 83.1 Å². The Balaban J connectivity index is 1.19. The van der Waals surface area contributed by atoms with Crippen molar-refractivity contribution in [3.8, 4) is 0 Å². The van der Waals surface area contributed by atoms with Crippen molar-refractivity contribution in [2.75, 3.05) is 19.6 Å². The van der Waals surface area contributed by atoms with E-state index in [0.29, 0.717) is 24.7 Å². The molecule has 2 aromatic carbocycles. The van der Waals surface area contributed by atoms with E-state index < -0.39 is 5.97 Å². The molecule has 0 spiro atoms. The smallest absolute Gasteiger partial charge is 0.335 e. The number of carboxylic acids is 1. The van der Waals surface area contributed by atoms with Gasteiger partial charge in [-0.25, -0.2) is 9.59 Å². The number of carboxylic acid groups (broad SMARTS) is 1. The molecule has 8 nitrogen and oxygen atoms in total. The number of carbonyl (C=O) groups excluding carboxylic acids is 2. The molecule has 1 saturated carbocycles. The third-order valence-corrected chi connectivity index (χ3v) is 9.35. The van der Waals surface area contributed by atoms with E-state index in [9.17, 15) is 19.5 Å². The first-order valence-corrected chi connectivity index (χ1v) is 16.3. The topological polar surface area (TPSA) is 93.2 Å². The summed E-state index contributed by atoms with van der Waals surface area (Å²) < 4.78 is 0. The van der Waals surface area contributed by atoms with Gasteiger partial charge in [0.05, 0.1) is 11.6 Å². The fourth-order valence-corrected chi connectivity index (χ4v) is 6.78. The van der Waals surface area contributed by atoms with Crippen molar-refractivity contribution in [1.82, 2.24) is 20.0 Å². The van der Waals surface area contributed by atoms with E-state index in [1.807, 2.05) is 53.2 Å². The minimum absolute atomic E-state index is 0.00318.